The van der Waals surface area contributed by atoms with Crippen LogP contribution < -0.4 is 4.99 Å². The summed E-state index contributed by atoms with van der Waals surface area (Å²) in [6.07, 6.45) is 1.25. The first-order valence-electron chi connectivity index (χ1n) is 24.7. The van der Waals surface area contributed by atoms with Gasteiger partial charge in [-0.15, -0.1) is 5.69 Å². The molecule has 6 aromatic carbocycles. The van der Waals surface area contributed by atoms with Gasteiger partial charge in [0, 0.05) is 29.3 Å². The zero-order chi connectivity index (χ0) is 49.2. The fraction of sp³-hybridized carbons (Fsp3) is 0.361. The summed E-state index contributed by atoms with van der Waals surface area (Å²) in [6, 6.07) is 53.8. The van der Waals surface area contributed by atoms with Crippen LogP contribution >= 0.6 is 0 Å². The molecule has 1 fully saturated rings. The third-order valence-corrected chi connectivity index (χ3v) is 13.1. The summed E-state index contributed by atoms with van der Waals surface area (Å²) in [6.45, 7) is 27.6. The topological polar surface area (TPSA) is 65.0 Å². The van der Waals surface area contributed by atoms with E-state index in [-0.39, 0.29) is 23.1 Å². The first-order chi connectivity index (χ1) is 32.3. The van der Waals surface area contributed by atoms with Crippen molar-refractivity contribution >= 4 is 47.1 Å². The Balaban J connectivity index is 0.000000258. The normalized spacial score (nSPS) is 15.4. The van der Waals surface area contributed by atoms with E-state index in [2.05, 4.69) is 165 Å². The van der Waals surface area contributed by atoms with Gasteiger partial charge >= 0.3 is 30.0 Å². The molecule has 1 aliphatic rings. The van der Waals surface area contributed by atoms with E-state index in [9.17, 15) is 0 Å². The van der Waals surface area contributed by atoms with Gasteiger partial charge in [-0.2, -0.15) is 5.70 Å². The molecule has 1 saturated heterocycles. The predicted octanol–water partition coefficient (Wildman–Crippen LogP) is 15.2. The molecule has 1 N–H and O–H groups in total. The van der Waals surface area contributed by atoms with Crippen molar-refractivity contribution in [2.24, 2.45) is 0 Å². The Morgan fingerprint density at radius 3 is 1.09 bits per heavy atom. The molecule has 7 rings (SSSR count). The number of hydrogen-bond acceptors (Lipinski definition) is 4. The van der Waals surface area contributed by atoms with Crippen molar-refractivity contribution in [2.75, 3.05) is 0 Å². The van der Waals surface area contributed by atoms with Gasteiger partial charge in [0.1, 0.15) is 0 Å². The van der Waals surface area contributed by atoms with Crippen molar-refractivity contribution < 1.29 is 23.6 Å². The molecule has 0 saturated carbocycles. The van der Waals surface area contributed by atoms with Crippen LogP contribution in [-0.2, 0) is 18.6 Å². The molecule has 0 unspecified atom stereocenters. The fourth-order valence-corrected chi connectivity index (χ4v) is 8.81. The van der Waals surface area contributed by atoms with Gasteiger partial charge in [-0.25, -0.2) is 4.99 Å². The van der Waals surface area contributed by atoms with Crippen molar-refractivity contribution in [1.29, 1.82) is 0 Å². The molecule has 0 aliphatic carbocycles. The Kier molecular flexibility index (Phi) is 19.5. The molecule has 0 amide bonds. The van der Waals surface area contributed by atoms with Crippen LogP contribution in [-0.4, -0.2) is 46.9 Å². The van der Waals surface area contributed by atoms with Crippen LogP contribution in [0.2, 0.25) is 0 Å². The molecule has 0 atom stereocenters. The smallest absolute Gasteiger partial charge is 0.661 e. The zero-order valence-electron chi connectivity index (χ0n) is 43.9. The maximum atomic E-state index is 6.91. The van der Waals surface area contributed by atoms with Crippen molar-refractivity contribution in [3.05, 3.63) is 219 Å². The molecule has 6 nitrogen and oxygen atoms in total. The summed E-state index contributed by atoms with van der Waals surface area (Å²) in [5, 5.41) is 5.10. The van der Waals surface area contributed by atoms with Crippen LogP contribution in [0, 0.1) is 0 Å². The summed E-state index contributed by atoms with van der Waals surface area (Å²) in [5.74, 6) is 1.82. The zero-order valence-corrected chi connectivity index (χ0v) is 45.3. The van der Waals surface area contributed by atoms with Gasteiger partial charge in [-0.1, -0.05) is 231 Å². The van der Waals surface area contributed by atoms with Crippen molar-refractivity contribution in [3.8, 4) is 0 Å². The van der Waals surface area contributed by atoms with Gasteiger partial charge in [0.05, 0.1) is 12.2 Å². The molecule has 69 heavy (non-hydrogen) atoms. The van der Waals surface area contributed by atoms with Crippen LogP contribution in [0.25, 0.3) is 5.32 Å². The van der Waals surface area contributed by atoms with E-state index in [1.54, 1.807) is 0 Å². The van der Waals surface area contributed by atoms with E-state index in [0.717, 1.165) is 39.3 Å². The molecule has 1 aliphatic heterocycles. The number of rotatable bonds is 16. The van der Waals surface area contributed by atoms with Crippen LogP contribution in [0.3, 0.4) is 0 Å². The van der Waals surface area contributed by atoms with Crippen molar-refractivity contribution in [3.63, 3.8) is 0 Å². The summed E-state index contributed by atoms with van der Waals surface area (Å²) < 4.78 is 27.2. The van der Waals surface area contributed by atoms with Gasteiger partial charge in [-0.05, 0) is 79.7 Å². The summed E-state index contributed by atoms with van der Waals surface area (Å²) in [4.78, 5) is 3.71. The maximum Gasteiger partial charge on any atom is 2.00 e. The average molecular weight is 936 g/mol. The van der Waals surface area contributed by atoms with E-state index in [1.807, 2.05) is 100 Å². The van der Waals surface area contributed by atoms with Gasteiger partial charge in [-0.3, -0.25) is 0 Å². The minimum absolute atomic E-state index is 0. The molecule has 358 valence electrons. The van der Waals surface area contributed by atoms with Gasteiger partial charge < -0.3 is 23.9 Å². The number of allylic oxidation sites excluding steroid dienone is 2. The van der Waals surface area contributed by atoms with Gasteiger partial charge in [0.25, 0.3) is 0 Å². The van der Waals surface area contributed by atoms with E-state index < -0.39 is 30.4 Å². The maximum absolute atomic E-state index is 6.91. The second-order valence-corrected chi connectivity index (χ2v) is 20.4. The largest absolute Gasteiger partial charge is 2.00 e. The summed E-state index contributed by atoms with van der Waals surface area (Å²) in [7, 11) is 0. The number of para-hydroxylation sites is 2. The quantitative estimate of drug-likeness (QED) is 0.0776. The Bertz CT molecular complexity index is 2360. The first-order valence-corrected chi connectivity index (χ1v) is 24.7. The molecule has 1 heterocycles. The van der Waals surface area contributed by atoms with E-state index >= 15 is 0 Å². The predicted molar refractivity (Wildman–Crippen MR) is 291 cm³/mol. The van der Waals surface area contributed by atoms with Crippen LogP contribution in [0.15, 0.2) is 169 Å². The minimum Gasteiger partial charge on any atom is -0.661 e. The number of nitrogens with zero attached hydrogens (tertiary/aromatic N) is 1. The first kappa shape index (κ1) is 55.1. The Labute approximate surface area is 431 Å². The number of hydrogen-bond donors (Lipinski definition) is 1. The summed E-state index contributed by atoms with van der Waals surface area (Å²) in [5.41, 5.74) is 12.5. The number of benzene rings is 6. The Morgan fingerprint density at radius 1 is 0.478 bits per heavy atom. The second-order valence-electron chi connectivity index (χ2n) is 20.4. The SMILES string of the molecule is CC(/C=C(/C)[N-]c1c(C(C)C)cccc1C(C)C)=[NH+]c1c(C(C)C)cccc1C(C)C.CC1(C)O[B-](OC(c2ccccc2)c2ccccc2)(OC(c2ccccc2)c2ccccc2)OC1(C)C.[Mg+2]. The average Bonchev–Trinajstić information content (AvgIpc) is 3.49. The Morgan fingerprint density at radius 2 is 0.783 bits per heavy atom. The second kappa shape index (κ2) is 24.4. The standard InChI is InChI=1S/C32H34BO4.C29H41N2.Mg/c1-31(2)32(3,4)37-33(36-31,34-29(25-17-9-5-10-18-25)26-19-11-6-12-20-26)35-30(27-21-13-7-14-22-27)28-23-15-8-16-24-28;1-18(2)24-13-11-14-25(19(3)4)28(24)30-22(9)17-23(10)31-29-26(20(5)6)15-12-16-27(29)21(7)8;/h5-24,29-30H,1-4H3;11-21H,1-10H3;/q2*-1;+2/p+1/b;22-17-,31-23?;. The van der Waals surface area contributed by atoms with Gasteiger partial charge in [0.2, 0.25) is 5.69 Å². The molecule has 8 heteroatoms. The van der Waals surface area contributed by atoms with Crippen LogP contribution in [0.1, 0.15) is 177 Å². The third-order valence-electron chi connectivity index (χ3n) is 13.1. The van der Waals surface area contributed by atoms with Crippen LogP contribution in [0.4, 0.5) is 11.4 Å². The molecule has 6 aromatic rings. The molecule has 0 bridgehead atoms. The van der Waals surface area contributed by atoms with Crippen molar-refractivity contribution in [1.82, 2.24) is 0 Å². The molecular weight excluding hydrogens is 860 g/mol. The van der Waals surface area contributed by atoms with Gasteiger partial charge in [0.15, 0.2) is 5.71 Å². The monoisotopic (exact) mass is 936 g/mol. The molecular formula is C61H76BMgN2O4+. The summed E-state index contributed by atoms with van der Waals surface area (Å²) >= 11 is 0. The van der Waals surface area contributed by atoms with Crippen molar-refractivity contribution in [2.45, 2.75) is 144 Å². The number of nitrogens with one attached hydrogen (secondary N) is 1. The molecule has 0 spiro atoms. The fourth-order valence-electron chi connectivity index (χ4n) is 8.81. The molecule has 0 radical (unpaired) electrons. The van der Waals surface area contributed by atoms with E-state index in [1.165, 1.54) is 27.9 Å². The van der Waals surface area contributed by atoms with Crippen LogP contribution in [0.5, 0.6) is 0 Å². The Hall–Kier alpha value is -4.80. The minimum atomic E-state index is -2.67. The molecule has 0 aromatic heterocycles. The van der Waals surface area contributed by atoms with E-state index in [0.29, 0.717) is 23.7 Å². The van der Waals surface area contributed by atoms with E-state index in [4.69, 9.17) is 23.9 Å². The third kappa shape index (κ3) is 14.0.